The van der Waals surface area contributed by atoms with E-state index in [2.05, 4.69) is 15.5 Å². The van der Waals surface area contributed by atoms with Crippen molar-refractivity contribution in [3.05, 3.63) is 29.8 Å². The van der Waals surface area contributed by atoms with E-state index in [1.807, 2.05) is 31.2 Å². The number of carbonyl (C=O) groups excluding carboxylic acids is 2. The first-order valence-electron chi connectivity index (χ1n) is 8.10. The number of para-hydroxylation sites is 1. The van der Waals surface area contributed by atoms with Crippen LogP contribution in [0.15, 0.2) is 29.4 Å². The topological polar surface area (TPSA) is 107 Å². The maximum absolute atomic E-state index is 12.5. The first-order chi connectivity index (χ1) is 12.1. The maximum Gasteiger partial charge on any atom is 0.233 e. The van der Waals surface area contributed by atoms with Crippen molar-refractivity contribution >= 4 is 23.6 Å². The molecule has 3 rings (SSSR count). The Balaban J connectivity index is 1.65. The predicted octanol–water partition coefficient (Wildman–Crippen LogP) is 0.787. The summed E-state index contributed by atoms with van der Waals surface area (Å²) in [6.07, 6.45) is 1.54. The van der Waals surface area contributed by atoms with Crippen LogP contribution in [0, 0.1) is 12.8 Å². The summed E-state index contributed by atoms with van der Waals surface area (Å²) in [6, 6.07) is 7.78. The molecule has 2 amide bonds. The second-order valence-corrected chi connectivity index (χ2v) is 6.97. The summed E-state index contributed by atoms with van der Waals surface area (Å²) < 4.78 is 1.63. The van der Waals surface area contributed by atoms with Crippen molar-refractivity contribution in [2.24, 2.45) is 11.7 Å². The minimum atomic E-state index is -0.339. The van der Waals surface area contributed by atoms with Gasteiger partial charge in [0.2, 0.25) is 17.0 Å². The molecular formula is C16H20N6O2S. The Morgan fingerprint density at radius 1 is 1.36 bits per heavy atom. The number of hydrogen-bond acceptors (Lipinski definition) is 6. The molecule has 1 aliphatic rings. The highest BCUT2D eigenvalue weighted by Gasteiger charge is 2.27. The molecule has 1 saturated heterocycles. The molecule has 0 saturated carbocycles. The number of aryl methyl sites for hydroxylation is 1. The van der Waals surface area contributed by atoms with Gasteiger partial charge in [-0.05, 0) is 41.8 Å². The monoisotopic (exact) mass is 360 g/mol. The zero-order chi connectivity index (χ0) is 17.8. The lowest BCUT2D eigenvalue weighted by atomic mass is 9.97. The first-order valence-corrected chi connectivity index (χ1v) is 9.09. The fraction of sp³-hybridized carbons (Fsp3) is 0.438. The van der Waals surface area contributed by atoms with E-state index >= 15 is 0 Å². The van der Waals surface area contributed by atoms with Crippen molar-refractivity contribution in [1.29, 1.82) is 0 Å². The summed E-state index contributed by atoms with van der Waals surface area (Å²) in [5, 5.41) is 12.3. The Hall–Kier alpha value is -2.42. The molecule has 25 heavy (non-hydrogen) atoms. The smallest absolute Gasteiger partial charge is 0.233 e. The Labute approximate surface area is 149 Å². The van der Waals surface area contributed by atoms with Gasteiger partial charge < -0.3 is 10.6 Å². The number of benzene rings is 1. The van der Waals surface area contributed by atoms with Gasteiger partial charge in [-0.25, -0.2) is 0 Å². The molecule has 0 unspecified atom stereocenters. The van der Waals surface area contributed by atoms with Gasteiger partial charge >= 0.3 is 0 Å². The Kier molecular flexibility index (Phi) is 5.32. The van der Waals surface area contributed by atoms with Crippen LogP contribution in [-0.2, 0) is 9.59 Å². The zero-order valence-corrected chi connectivity index (χ0v) is 14.8. The molecule has 132 valence electrons. The lowest BCUT2D eigenvalue weighted by Crippen LogP contribution is -2.44. The van der Waals surface area contributed by atoms with Gasteiger partial charge in [-0.15, -0.1) is 5.10 Å². The molecule has 1 aromatic heterocycles. The van der Waals surface area contributed by atoms with E-state index in [0.717, 1.165) is 24.1 Å². The quantitative estimate of drug-likeness (QED) is 0.790. The van der Waals surface area contributed by atoms with Crippen LogP contribution in [0.3, 0.4) is 0 Å². The van der Waals surface area contributed by atoms with E-state index in [-0.39, 0.29) is 23.5 Å². The average Bonchev–Trinajstić information content (AvgIpc) is 3.08. The van der Waals surface area contributed by atoms with Gasteiger partial charge in [-0.3, -0.25) is 9.59 Å². The second-order valence-electron chi connectivity index (χ2n) is 6.03. The number of thioether (sulfide) groups is 1. The first kappa shape index (κ1) is 17.4. The maximum atomic E-state index is 12.5. The standard InChI is InChI=1S/C16H20N6O2S/c1-11-5-2-3-7-13(11)22-16(18-19-20-22)25-10-14(23)21-8-4-6-12(9-21)15(17)24/h2-3,5,7,12H,4,6,8-10H2,1H3,(H2,17,24)/t12-/m0/s1. The van der Waals surface area contributed by atoms with Crippen molar-refractivity contribution in [3.8, 4) is 5.69 Å². The summed E-state index contributed by atoms with van der Waals surface area (Å²) in [7, 11) is 0. The molecule has 2 aromatic rings. The Morgan fingerprint density at radius 3 is 2.92 bits per heavy atom. The minimum absolute atomic E-state index is 0.0321. The highest BCUT2D eigenvalue weighted by Crippen LogP contribution is 2.22. The van der Waals surface area contributed by atoms with E-state index in [9.17, 15) is 9.59 Å². The van der Waals surface area contributed by atoms with Gasteiger partial charge in [0.05, 0.1) is 17.4 Å². The molecule has 0 aliphatic carbocycles. The van der Waals surface area contributed by atoms with Crippen LogP contribution in [-0.4, -0.2) is 55.8 Å². The molecular weight excluding hydrogens is 340 g/mol. The van der Waals surface area contributed by atoms with E-state index in [1.54, 1.807) is 9.58 Å². The van der Waals surface area contributed by atoms with Crippen LogP contribution >= 0.6 is 11.8 Å². The number of amides is 2. The summed E-state index contributed by atoms with van der Waals surface area (Å²) in [4.78, 5) is 25.5. The van der Waals surface area contributed by atoms with Crippen LogP contribution in [0.1, 0.15) is 18.4 Å². The fourth-order valence-corrected chi connectivity index (χ4v) is 3.66. The van der Waals surface area contributed by atoms with Crippen molar-refractivity contribution in [2.75, 3.05) is 18.8 Å². The number of rotatable bonds is 5. The molecule has 9 heteroatoms. The van der Waals surface area contributed by atoms with Crippen LogP contribution in [0.2, 0.25) is 0 Å². The predicted molar refractivity (Wildman–Crippen MR) is 93.1 cm³/mol. The molecule has 0 bridgehead atoms. The average molecular weight is 360 g/mol. The normalized spacial score (nSPS) is 17.5. The van der Waals surface area contributed by atoms with Crippen LogP contribution in [0.25, 0.3) is 5.69 Å². The number of nitrogens with two attached hydrogens (primary N) is 1. The number of tetrazole rings is 1. The zero-order valence-electron chi connectivity index (χ0n) is 14.0. The van der Waals surface area contributed by atoms with Crippen LogP contribution < -0.4 is 5.73 Å². The van der Waals surface area contributed by atoms with E-state index in [0.29, 0.717) is 18.2 Å². The highest BCUT2D eigenvalue weighted by molar-refractivity contribution is 7.99. The van der Waals surface area contributed by atoms with Gasteiger partial charge in [-0.1, -0.05) is 30.0 Å². The van der Waals surface area contributed by atoms with E-state index in [1.165, 1.54) is 11.8 Å². The molecule has 0 radical (unpaired) electrons. The van der Waals surface area contributed by atoms with Crippen molar-refractivity contribution in [2.45, 2.75) is 24.9 Å². The third-order valence-electron chi connectivity index (χ3n) is 4.29. The third kappa shape index (κ3) is 3.98. The van der Waals surface area contributed by atoms with Crippen molar-refractivity contribution in [1.82, 2.24) is 25.1 Å². The third-order valence-corrected chi connectivity index (χ3v) is 5.19. The number of hydrogen-bond donors (Lipinski definition) is 1. The van der Waals surface area contributed by atoms with Crippen LogP contribution in [0.4, 0.5) is 0 Å². The molecule has 1 fully saturated rings. The van der Waals surface area contributed by atoms with Crippen molar-refractivity contribution < 1.29 is 9.59 Å². The van der Waals surface area contributed by atoms with Crippen molar-refractivity contribution in [3.63, 3.8) is 0 Å². The lowest BCUT2D eigenvalue weighted by Gasteiger charge is -2.31. The number of carbonyl (C=O) groups is 2. The molecule has 2 N–H and O–H groups in total. The van der Waals surface area contributed by atoms with Crippen LogP contribution in [0.5, 0.6) is 0 Å². The second kappa shape index (κ2) is 7.64. The summed E-state index contributed by atoms with van der Waals surface area (Å²) in [5.74, 6) is -0.401. The minimum Gasteiger partial charge on any atom is -0.369 e. The van der Waals surface area contributed by atoms with E-state index < -0.39 is 0 Å². The highest BCUT2D eigenvalue weighted by atomic mass is 32.2. The number of aromatic nitrogens is 4. The van der Waals surface area contributed by atoms with Gasteiger partial charge in [0.1, 0.15) is 0 Å². The van der Waals surface area contributed by atoms with Gasteiger partial charge in [-0.2, -0.15) is 4.68 Å². The Bertz CT molecular complexity index is 777. The number of nitrogens with zero attached hydrogens (tertiary/aromatic N) is 5. The summed E-state index contributed by atoms with van der Waals surface area (Å²) >= 11 is 1.29. The molecule has 2 heterocycles. The number of primary amides is 1. The number of piperidine rings is 1. The molecule has 1 aliphatic heterocycles. The molecule has 8 nitrogen and oxygen atoms in total. The molecule has 1 atom stereocenters. The van der Waals surface area contributed by atoms with Gasteiger partial charge in [0.25, 0.3) is 0 Å². The Morgan fingerprint density at radius 2 is 2.16 bits per heavy atom. The number of likely N-dealkylation sites (tertiary alicyclic amines) is 1. The lowest BCUT2D eigenvalue weighted by molar-refractivity contribution is -0.132. The molecule has 1 aromatic carbocycles. The molecule has 0 spiro atoms. The van der Waals surface area contributed by atoms with Gasteiger partial charge in [0, 0.05) is 13.1 Å². The van der Waals surface area contributed by atoms with Gasteiger partial charge in [0.15, 0.2) is 0 Å². The largest absolute Gasteiger partial charge is 0.369 e. The fourth-order valence-electron chi connectivity index (χ4n) is 2.87. The van der Waals surface area contributed by atoms with E-state index in [4.69, 9.17) is 5.73 Å². The summed E-state index contributed by atoms with van der Waals surface area (Å²) in [6.45, 7) is 3.04. The summed E-state index contributed by atoms with van der Waals surface area (Å²) in [5.41, 5.74) is 7.30. The SMILES string of the molecule is Cc1ccccc1-n1nnnc1SCC(=O)N1CCC[C@H](C(N)=O)C1.